The highest BCUT2D eigenvalue weighted by molar-refractivity contribution is 6.01. The number of hydrogen-bond donors (Lipinski definition) is 1. The Labute approximate surface area is 128 Å². The zero-order valence-electron chi connectivity index (χ0n) is 12.5. The molecule has 0 spiro atoms. The Balaban J connectivity index is 1.97. The number of aromatic amines is 1. The van der Waals surface area contributed by atoms with E-state index >= 15 is 0 Å². The first kappa shape index (κ1) is 14.3. The number of aryl methyl sites for hydroxylation is 1. The van der Waals surface area contributed by atoms with E-state index in [1.165, 1.54) is 7.11 Å². The minimum absolute atomic E-state index is 0.112. The van der Waals surface area contributed by atoms with Crippen molar-refractivity contribution in [3.05, 3.63) is 36.0 Å². The molecule has 1 atom stereocenters. The van der Waals surface area contributed by atoms with E-state index < -0.39 is 5.92 Å². The van der Waals surface area contributed by atoms with Crippen LogP contribution in [0.1, 0.15) is 12.1 Å². The monoisotopic (exact) mass is 299 g/mol. The molecule has 1 aromatic carbocycles. The number of esters is 1. The number of nitrogens with one attached hydrogen (secondary N) is 1. The number of anilines is 1. The number of amides is 1. The second kappa shape index (κ2) is 5.63. The van der Waals surface area contributed by atoms with Crippen LogP contribution in [0.2, 0.25) is 0 Å². The van der Waals surface area contributed by atoms with Crippen LogP contribution in [0.5, 0.6) is 0 Å². The van der Waals surface area contributed by atoms with E-state index in [0.29, 0.717) is 12.4 Å². The Morgan fingerprint density at radius 3 is 2.77 bits per heavy atom. The van der Waals surface area contributed by atoms with Crippen LogP contribution < -0.4 is 4.90 Å². The van der Waals surface area contributed by atoms with Crippen molar-refractivity contribution in [2.75, 3.05) is 18.6 Å². The highest BCUT2D eigenvalue weighted by Gasteiger charge is 2.38. The molecule has 3 rings (SSSR count). The van der Waals surface area contributed by atoms with Crippen LogP contribution in [0.15, 0.2) is 30.3 Å². The molecular formula is C16H17N3O3. The van der Waals surface area contributed by atoms with Crippen molar-refractivity contribution < 1.29 is 14.3 Å². The van der Waals surface area contributed by atoms with Crippen LogP contribution in [-0.4, -0.2) is 35.7 Å². The quantitative estimate of drug-likeness (QED) is 0.878. The number of ether oxygens (including phenoxy) is 1. The number of rotatable bonds is 3. The van der Waals surface area contributed by atoms with Gasteiger partial charge in [-0.3, -0.25) is 19.6 Å². The van der Waals surface area contributed by atoms with Gasteiger partial charge in [0.05, 0.1) is 13.0 Å². The molecule has 1 fully saturated rings. The van der Waals surface area contributed by atoms with Gasteiger partial charge in [-0.15, -0.1) is 0 Å². The van der Waals surface area contributed by atoms with Crippen molar-refractivity contribution in [3.8, 4) is 11.1 Å². The normalized spacial score (nSPS) is 17.8. The van der Waals surface area contributed by atoms with Gasteiger partial charge in [-0.1, -0.05) is 30.3 Å². The smallest absolute Gasteiger partial charge is 0.311 e. The second-order valence-electron chi connectivity index (χ2n) is 5.34. The van der Waals surface area contributed by atoms with Gasteiger partial charge in [-0.2, -0.15) is 5.10 Å². The standard InChI is InChI=1S/C16H17N3O3/c1-10-14(11-6-4-3-5-7-11)15(18-17-10)19-9-12(8-13(19)20)16(21)22-2/h3-7,12H,8-9H2,1-2H3,(H,17,18). The average Bonchev–Trinajstić information content (AvgIpc) is 3.10. The number of nitrogens with zero attached hydrogens (tertiary/aromatic N) is 2. The first-order valence-corrected chi connectivity index (χ1v) is 7.10. The van der Waals surface area contributed by atoms with Crippen LogP contribution in [0, 0.1) is 12.8 Å². The van der Waals surface area contributed by atoms with Crippen LogP contribution in [0.3, 0.4) is 0 Å². The summed E-state index contributed by atoms with van der Waals surface area (Å²) in [4.78, 5) is 25.5. The largest absolute Gasteiger partial charge is 0.469 e. The SMILES string of the molecule is COC(=O)C1CC(=O)N(c2n[nH]c(C)c2-c2ccccc2)C1. The molecule has 1 saturated heterocycles. The van der Waals surface area contributed by atoms with E-state index in [1.54, 1.807) is 4.90 Å². The number of carbonyl (C=O) groups excluding carboxylic acids is 2. The molecule has 22 heavy (non-hydrogen) atoms. The van der Waals surface area contributed by atoms with E-state index in [9.17, 15) is 9.59 Å². The van der Waals surface area contributed by atoms with Crippen molar-refractivity contribution in [1.29, 1.82) is 0 Å². The number of H-pyrrole nitrogens is 1. The number of benzene rings is 1. The van der Waals surface area contributed by atoms with Crippen LogP contribution in [-0.2, 0) is 14.3 Å². The topological polar surface area (TPSA) is 75.3 Å². The molecule has 0 aliphatic carbocycles. The number of methoxy groups -OCH3 is 1. The third kappa shape index (κ3) is 2.36. The number of hydrogen-bond acceptors (Lipinski definition) is 4. The second-order valence-corrected chi connectivity index (χ2v) is 5.34. The Kier molecular flexibility index (Phi) is 3.66. The fraction of sp³-hybridized carbons (Fsp3) is 0.312. The summed E-state index contributed by atoms with van der Waals surface area (Å²) in [7, 11) is 1.34. The zero-order chi connectivity index (χ0) is 15.7. The molecule has 2 aromatic rings. The lowest BCUT2D eigenvalue weighted by atomic mass is 10.1. The summed E-state index contributed by atoms with van der Waals surface area (Å²) in [5.41, 5.74) is 2.76. The maximum atomic E-state index is 12.3. The van der Waals surface area contributed by atoms with Gasteiger partial charge in [0.15, 0.2) is 5.82 Å². The summed E-state index contributed by atoms with van der Waals surface area (Å²) in [6, 6.07) is 9.76. The lowest BCUT2D eigenvalue weighted by Crippen LogP contribution is -2.27. The Bertz CT molecular complexity index is 709. The molecule has 1 aromatic heterocycles. The molecule has 114 valence electrons. The molecule has 1 amide bonds. The van der Waals surface area contributed by atoms with E-state index in [0.717, 1.165) is 16.8 Å². The number of aromatic nitrogens is 2. The Morgan fingerprint density at radius 2 is 2.09 bits per heavy atom. The van der Waals surface area contributed by atoms with E-state index in [1.807, 2.05) is 37.3 Å². The molecule has 6 nitrogen and oxygen atoms in total. The van der Waals surface area contributed by atoms with E-state index in [2.05, 4.69) is 10.2 Å². The maximum Gasteiger partial charge on any atom is 0.311 e. The lowest BCUT2D eigenvalue weighted by Gasteiger charge is -2.15. The van der Waals surface area contributed by atoms with Gasteiger partial charge in [0, 0.05) is 24.2 Å². The molecule has 1 aliphatic heterocycles. The lowest BCUT2D eigenvalue weighted by molar-refractivity contribution is -0.145. The molecule has 6 heteroatoms. The van der Waals surface area contributed by atoms with Gasteiger partial charge in [-0.05, 0) is 12.5 Å². The van der Waals surface area contributed by atoms with Crippen LogP contribution >= 0.6 is 0 Å². The summed E-state index contributed by atoms with van der Waals surface area (Å²) in [5.74, 6) is -0.332. The molecule has 0 radical (unpaired) electrons. The highest BCUT2D eigenvalue weighted by atomic mass is 16.5. The third-order valence-corrected chi connectivity index (χ3v) is 3.91. The summed E-state index contributed by atoms with van der Waals surface area (Å²) < 4.78 is 4.74. The summed E-state index contributed by atoms with van der Waals surface area (Å²) in [5, 5.41) is 7.20. The minimum atomic E-state index is -0.432. The zero-order valence-corrected chi connectivity index (χ0v) is 12.5. The van der Waals surface area contributed by atoms with Crippen molar-refractivity contribution in [1.82, 2.24) is 10.2 Å². The third-order valence-electron chi connectivity index (χ3n) is 3.91. The van der Waals surface area contributed by atoms with Crippen LogP contribution in [0.25, 0.3) is 11.1 Å². The molecule has 1 unspecified atom stereocenters. The van der Waals surface area contributed by atoms with Crippen molar-refractivity contribution in [2.45, 2.75) is 13.3 Å². The van der Waals surface area contributed by atoms with E-state index in [4.69, 9.17) is 4.74 Å². The molecule has 2 heterocycles. The first-order chi connectivity index (χ1) is 10.6. The minimum Gasteiger partial charge on any atom is -0.469 e. The van der Waals surface area contributed by atoms with Crippen LogP contribution in [0.4, 0.5) is 5.82 Å². The van der Waals surface area contributed by atoms with Gasteiger partial charge in [0.2, 0.25) is 5.91 Å². The van der Waals surface area contributed by atoms with Gasteiger partial charge < -0.3 is 4.74 Å². The molecule has 1 N–H and O–H groups in total. The Hall–Kier alpha value is -2.63. The number of carbonyl (C=O) groups is 2. The Morgan fingerprint density at radius 1 is 1.36 bits per heavy atom. The predicted molar refractivity (Wildman–Crippen MR) is 81.2 cm³/mol. The fourth-order valence-electron chi connectivity index (χ4n) is 2.80. The van der Waals surface area contributed by atoms with E-state index in [-0.39, 0.29) is 18.3 Å². The fourth-order valence-corrected chi connectivity index (χ4v) is 2.80. The molecule has 0 saturated carbocycles. The summed E-state index contributed by atoms with van der Waals surface area (Å²) >= 11 is 0. The highest BCUT2D eigenvalue weighted by Crippen LogP contribution is 2.35. The summed E-state index contributed by atoms with van der Waals surface area (Å²) in [6.45, 7) is 2.22. The predicted octanol–water partition coefficient (Wildman–Crippen LogP) is 1.91. The summed E-state index contributed by atoms with van der Waals surface area (Å²) in [6.07, 6.45) is 0.160. The molecular weight excluding hydrogens is 282 g/mol. The van der Waals surface area contributed by atoms with Crippen molar-refractivity contribution in [3.63, 3.8) is 0 Å². The van der Waals surface area contributed by atoms with Gasteiger partial charge in [-0.25, -0.2) is 0 Å². The van der Waals surface area contributed by atoms with Gasteiger partial charge in [0.25, 0.3) is 0 Å². The average molecular weight is 299 g/mol. The van der Waals surface area contributed by atoms with Gasteiger partial charge in [0.1, 0.15) is 0 Å². The van der Waals surface area contributed by atoms with Crippen molar-refractivity contribution >= 4 is 17.7 Å². The van der Waals surface area contributed by atoms with Gasteiger partial charge >= 0.3 is 5.97 Å². The first-order valence-electron chi connectivity index (χ1n) is 7.10. The maximum absolute atomic E-state index is 12.3. The molecule has 0 bridgehead atoms. The molecule has 1 aliphatic rings. The van der Waals surface area contributed by atoms with Crippen molar-refractivity contribution in [2.24, 2.45) is 5.92 Å².